The predicted octanol–water partition coefficient (Wildman–Crippen LogP) is 3.53. The second-order valence-corrected chi connectivity index (χ2v) is 7.10. The van der Waals surface area contributed by atoms with Gasteiger partial charge in [0, 0.05) is 44.4 Å². The van der Waals surface area contributed by atoms with Gasteiger partial charge in [-0.3, -0.25) is 4.99 Å². The van der Waals surface area contributed by atoms with Gasteiger partial charge in [0.1, 0.15) is 5.75 Å². The quantitative estimate of drug-likeness (QED) is 0.243. The summed E-state index contributed by atoms with van der Waals surface area (Å²) in [5, 5.41) is 7.57. The van der Waals surface area contributed by atoms with Crippen LogP contribution in [-0.2, 0) is 4.74 Å². The van der Waals surface area contributed by atoms with Gasteiger partial charge in [-0.1, -0.05) is 11.6 Å². The molecule has 8 heteroatoms. The van der Waals surface area contributed by atoms with Gasteiger partial charge in [0.25, 0.3) is 0 Å². The summed E-state index contributed by atoms with van der Waals surface area (Å²) >= 11 is 6.16. The Morgan fingerprint density at radius 2 is 2.19 bits per heavy atom. The van der Waals surface area contributed by atoms with Gasteiger partial charge >= 0.3 is 0 Å². The Kier molecular flexibility index (Phi) is 11.2. The number of benzene rings is 1. The van der Waals surface area contributed by atoms with Gasteiger partial charge in [0.15, 0.2) is 5.96 Å². The summed E-state index contributed by atoms with van der Waals surface area (Å²) < 4.78 is 11.0. The molecule has 1 saturated heterocycles. The summed E-state index contributed by atoms with van der Waals surface area (Å²) in [5.41, 5.74) is 1.04. The first-order valence-corrected chi connectivity index (χ1v) is 9.58. The van der Waals surface area contributed by atoms with Crippen LogP contribution in [0.1, 0.15) is 26.7 Å². The van der Waals surface area contributed by atoms with Crippen molar-refractivity contribution >= 4 is 47.2 Å². The molecule has 2 rings (SSSR count). The van der Waals surface area contributed by atoms with Crippen LogP contribution in [0, 0.1) is 0 Å². The first kappa shape index (κ1) is 24.1. The fourth-order valence-electron chi connectivity index (χ4n) is 2.99. The van der Waals surface area contributed by atoms with E-state index in [0.717, 1.165) is 61.5 Å². The summed E-state index contributed by atoms with van der Waals surface area (Å²) in [6.07, 6.45) is 2.27. The maximum atomic E-state index is 6.16. The molecule has 0 saturated carbocycles. The molecule has 0 aliphatic carbocycles. The highest BCUT2D eigenvalue weighted by molar-refractivity contribution is 14.0. The van der Waals surface area contributed by atoms with Crippen LogP contribution < -0.4 is 20.3 Å². The molecule has 154 valence electrons. The van der Waals surface area contributed by atoms with Crippen molar-refractivity contribution in [2.24, 2.45) is 4.99 Å². The molecule has 1 aliphatic heterocycles. The Morgan fingerprint density at radius 1 is 1.41 bits per heavy atom. The molecule has 1 atom stereocenters. The van der Waals surface area contributed by atoms with E-state index in [1.54, 1.807) is 14.2 Å². The Bertz CT molecular complexity index is 601. The molecule has 6 nitrogen and oxygen atoms in total. The fourth-order valence-corrected chi connectivity index (χ4v) is 3.16. The fraction of sp³-hybridized carbons (Fsp3) is 0.632. The third kappa shape index (κ3) is 7.91. The Labute approximate surface area is 185 Å². The summed E-state index contributed by atoms with van der Waals surface area (Å²) in [5.74, 6) is 1.68. The third-order valence-corrected chi connectivity index (χ3v) is 4.53. The van der Waals surface area contributed by atoms with Crippen molar-refractivity contribution in [2.75, 3.05) is 45.3 Å². The maximum absolute atomic E-state index is 6.16. The average molecular weight is 511 g/mol. The van der Waals surface area contributed by atoms with E-state index in [9.17, 15) is 0 Å². The molecule has 27 heavy (non-hydrogen) atoms. The number of methoxy groups -OCH3 is 1. The number of halogens is 2. The van der Waals surface area contributed by atoms with Crippen LogP contribution in [0.5, 0.6) is 5.75 Å². The minimum atomic E-state index is 0. The SMILES string of the molecule is CN=C(NCCCOC(C)C)NC1CCN(c2cc(Cl)ccc2OC)C1.I. The van der Waals surface area contributed by atoms with E-state index in [0.29, 0.717) is 6.04 Å². The molecule has 0 radical (unpaired) electrons. The molecule has 1 aliphatic rings. The lowest BCUT2D eigenvalue weighted by molar-refractivity contribution is 0.0776. The molecular weight excluding hydrogens is 479 g/mol. The first-order valence-electron chi connectivity index (χ1n) is 9.20. The minimum absolute atomic E-state index is 0. The van der Waals surface area contributed by atoms with Crippen molar-refractivity contribution in [1.82, 2.24) is 10.6 Å². The van der Waals surface area contributed by atoms with Crippen LogP contribution in [0.4, 0.5) is 5.69 Å². The molecular formula is C19H32ClIN4O2. The van der Waals surface area contributed by atoms with E-state index in [4.69, 9.17) is 21.1 Å². The van der Waals surface area contributed by atoms with Crippen LogP contribution >= 0.6 is 35.6 Å². The number of nitrogens with one attached hydrogen (secondary N) is 2. The van der Waals surface area contributed by atoms with Crippen molar-refractivity contribution in [3.63, 3.8) is 0 Å². The lowest BCUT2D eigenvalue weighted by Crippen LogP contribution is -2.45. The number of guanidine groups is 1. The molecule has 1 heterocycles. The number of ether oxygens (including phenoxy) is 2. The summed E-state index contributed by atoms with van der Waals surface area (Å²) in [6.45, 7) is 7.53. The number of hydrogen-bond donors (Lipinski definition) is 2. The van der Waals surface area contributed by atoms with Crippen LogP contribution in [0.3, 0.4) is 0 Å². The smallest absolute Gasteiger partial charge is 0.191 e. The first-order chi connectivity index (χ1) is 12.5. The van der Waals surface area contributed by atoms with Crippen molar-refractivity contribution < 1.29 is 9.47 Å². The molecule has 0 bridgehead atoms. The van der Waals surface area contributed by atoms with E-state index in [-0.39, 0.29) is 30.1 Å². The van der Waals surface area contributed by atoms with Crippen LogP contribution in [0.25, 0.3) is 0 Å². The largest absolute Gasteiger partial charge is 0.495 e. The lowest BCUT2D eigenvalue weighted by atomic mass is 10.2. The van der Waals surface area contributed by atoms with E-state index in [1.165, 1.54) is 0 Å². The monoisotopic (exact) mass is 510 g/mol. The highest BCUT2D eigenvalue weighted by atomic mass is 127. The van der Waals surface area contributed by atoms with Gasteiger partial charge in [-0.15, -0.1) is 24.0 Å². The standard InChI is InChI=1S/C19H31ClN4O2.HI/c1-14(2)26-11-5-9-22-19(21-3)23-16-8-10-24(13-16)17-12-15(20)6-7-18(17)25-4;/h6-7,12,14,16H,5,8-11,13H2,1-4H3,(H2,21,22,23);1H. The second-order valence-electron chi connectivity index (χ2n) is 6.66. The molecule has 0 amide bonds. The number of hydrogen-bond acceptors (Lipinski definition) is 4. The van der Waals surface area contributed by atoms with Gasteiger partial charge in [0.05, 0.1) is 18.9 Å². The highest BCUT2D eigenvalue weighted by Crippen LogP contribution is 2.33. The van der Waals surface area contributed by atoms with Gasteiger partial charge < -0.3 is 25.0 Å². The lowest BCUT2D eigenvalue weighted by Gasteiger charge is -2.22. The second kappa shape index (κ2) is 12.5. The number of rotatable bonds is 8. The molecule has 1 fully saturated rings. The van der Waals surface area contributed by atoms with Crippen LogP contribution in [-0.4, -0.2) is 58.5 Å². The van der Waals surface area contributed by atoms with Gasteiger partial charge in [-0.25, -0.2) is 0 Å². The number of anilines is 1. The average Bonchev–Trinajstić information content (AvgIpc) is 3.08. The molecule has 0 spiro atoms. The van der Waals surface area contributed by atoms with Gasteiger partial charge in [-0.2, -0.15) is 0 Å². The molecule has 1 aromatic carbocycles. The minimum Gasteiger partial charge on any atom is -0.495 e. The number of nitrogens with zero attached hydrogens (tertiary/aromatic N) is 2. The zero-order valence-electron chi connectivity index (χ0n) is 16.6. The van der Waals surface area contributed by atoms with Gasteiger partial charge in [-0.05, 0) is 44.9 Å². The van der Waals surface area contributed by atoms with Crippen LogP contribution in [0.2, 0.25) is 5.02 Å². The highest BCUT2D eigenvalue weighted by Gasteiger charge is 2.25. The number of aliphatic imine (C=N–C) groups is 1. The Hall–Kier alpha value is -0.930. The predicted molar refractivity (Wildman–Crippen MR) is 124 cm³/mol. The summed E-state index contributed by atoms with van der Waals surface area (Å²) in [7, 11) is 3.49. The van der Waals surface area contributed by atoms with E-state index in [2.05, 4.69) is 34.4 Å². The third-order valence-electron chi connectivity index (χ3n) is 4.30. The van der Waals surface area contributed by atoms with E-state index < -0.39 is 0 Å². The van der Waals surface area contributed by atoms with E-state index >= 15 is 0 Å². The molecule has 2 N–H and O–H groups in total. The van der Waals surface area contributed by atoms with Gasteiger partial charge in [0.2, 0.25) is 0 Å². The molecule has 1 unspecified atom stereocenters. The molecule has 0 aromatic heterocycles. The summed E-state index contributed by atoms with van der Waals surface area (Å²) in [6, 6.07) is 6.06. The zero-order chi connectivity index (χ0) is 18.9. The Balaban J connectivity index is 0.00000364. The Morgan fingerprint density at radius 3 is 2.85 bits per heavy atom. The van der Waals surface area contributed by atoms with Crippen molar-refractivity contribution in [3.8, 4) is 5.75 Å². The zero-order valence-corrected chi connectivity index (χ0v) is 19.7. The normalized spacial score (nSPS) is 17.0. The van der Waals surface area contributed by atoms with Crippen molar-refractivity contribution in [1.29, 1.82) is 0 Å². The van der Waals surface area contributed by atoms with Crippen molar-refractivity contribution in [3.05, 3.63) is 23.2 Å². The van der Waals surface area contributed by atoms with Crippen LogP contribution in [0.15, 0.2) is 23.2 Å². The van der Waals surface area contributed by atoms with Crippen molar-refractivity contribution in [2.45, 2.75) is 38.8 Å². The topological polar surface area (TPSA) is 58.1 Å². The molecule has 1 aromatic rings. The summed E-state index contributed by atoms with van der Waals surface area (Å²) in [4.78, 5) is 6.62. The van der Waals surface area contributed by atoms with E-state index in [1.807, 2.05) is 18.2 Å². The maximum Gasteiger partial charge on any atom is 0.191 e.